The van der Waals surface area contributed by atoms with E-state index < -0.39 is 0 Å². The molecule has 0 N–H and O–H groups in total. The molecular weight excluding hydrogens is 302 g/mol. The Morgan fingerprint density at radius 2 is 1.09 bits per heavy atom. The average Bonchev–Trinajstić information content (AvgIpc) is 2.45. The van der Waals surface area contributed by atoms with E-state index in [2.05, 4.69) is 52.4 Å². The molecule has 0 aromatic carbocycles. The first kappa shape index (κ1) is 25.0. The zero-order valence-corrected chi connectivity index (χ0v) is 17.1. The third-order valence-corrected chi connectivity index (χ3v) is 4.03. The molecule has 0 spiro atoms. The Morgan fingerprint density at radius 3 is 1.61 bits per heavy atom. The quantitative estimate of drug-likeness (QED) is 0.242. The van der Waals surface area contributed by atoms with E-state index in [0.29, 0.717) is 0 Å². The van der Waals surface area contributed by atoms with E-state index in [1.807, 2.05) is 0 Å². The number of nitrogens with zero attached hydrogens (tertiary/aromatic N) is 1. The van der Waals surface area contributed by atoms with Crippen LogP contribution in [-0.4, -0.2) is 32.2 Å². The smallest absolute Gasteiger partial charge is 0.0780 e. The lowest BCUT2D eigenvalue weighted by Gasteiger charge is -2.23. The summed E-state index contributed by atoms with van der Waals surface area (Å²) in [6.45, 7) is 3.58. The first-order valence-corrected chi connectivity index (χ1v) is 9.66. The minimum Gasteiger partial charge on any atom is -1.00 e. The van der Waals surface area contributed by atoms with Gasteiger partial charge in [0, 0.05) is 0 Å². The molecule has 138 valence electrons. The van der Waals surface area contributed by atoms with Crippen molar-refractivity contribution < 1.29 is 16.9 Å². The fraction of sp³-hybridized carbons (Fsp3) is 0.810. The van der Waals surface area contributed by atoms with Crippen LogP contribution in [0.15, 0.2) is 24.3 Å². The van der Waals surface area contributed by atoms with E-state index in [-0.39, 0.29) is 12.4 Å². The van der Waals surface area contributed by atoms with Crippen LogP contribution in [0, 0.1) is 0 Å². The van der Waals surface area contributed by atoms with Crippen LogP contribution >= 0.6 is 0 Å². The molecule has 23 heavy (non-hydrogen) atoms. The van der Waals surface area contributed by atoms with Crippen molar-refractivity contribution in [2.75, 3.05) is 27.7 Å². The normalized spacial score (nSPS) is 12.2. The number of hydrogen-bond acceptors (Lipinski definition) is 0. The molecule has 0 unspecified atom stereocenters. The van der Waals surface area contributed by atoms with Crippen molar-refractivity contribution >= 4 is 0 Å². The second-order valence-electron chi connectivity index (χ2n) is 7.60. The highest BCUT2D eigenvalue weighted by molar-refractivity contribution is 4.92. The maximum absolute atomic E-state index is 2.37. The maximum Gasteiger partial charge on any atom is 0.0780 e. The summed E-state index contributed by atoms with van der Waals surface area (Å²) in [7, 11) is 6.85. The molecule has 1 nitrogen and oxygen atoms in total. The van der Waals surface area contributed by atoms with Crippen molar-refractivity contribution in [3.8, 4) is 0 Å². The van der Waals surface area contributed by atoms with Crippen LogP contribution in [0.3, 0.4) is 0 Å². The predicted molar refractivity (Wildman–Crippen MR) is 102 cm³/mol. The van der Waals surface area contributed by atoms with E-state index in [1.165, 1.54) is 77.2 Å². The van der Waals surface area contributed by atoms with Gasteiger partial charge < -0.3 is 16.9 Å². The molecule has 0 radical (unpaired) electrons. The molecule has 0 bridgehead atoms. The summed E-state index contributed by atoms with van der Waals surface area (Å²) in [5.41, 5.74) is 0. The minimum absolute atomic E-state index is 0. The van der Waals surface area contributed by atoms with Crippen LogP contribution in [-0.2, 0) is 0 Å². The Labute approximate surface area is 153 Å². The van der Waals surface area contributed by atoms with Crippen LogP contribution < -0.4 is 12.4 Å². The van der Waals surface area contributed by atoms with Gasteiger partial charge in [0.05, 0.1) is 27.7 Å². The highest BCUT2D eigenvalue weighted by Crippen LogP contribution is 2.09. The van der Waals surface area contributed by atoms with Gasteiger partial charge in [-0.3, -0.25) is 0 Å². The number of quaternary nitrogens is 1. The topological polar surface area (TPSA) is 0 Å². The summed E-state index contributed by atoms with van der Waals surface area (Å²) >= 11 is 0. The fourth-order valence-corrected chi connectivity index (χ4v) is 2.57. The summed E-state index contributed by atoms with van der Waals surface area (Å²) < 4.78 is 1.11. The molecular formula is C21H42ClN. The van der Waals surface area contributed by atoms with Gasteiger partial charge in [0.2, 0.25) is 0 Å². The molecule has 0 heterocycles. The maximum atomic E-state index is 2.37. The number of hydrogen-bond donors (Lipinski definition) is 0. The van der Waals surface area contributed by atoms with Gasteiger partial charge in [-0.1, -0.05) is 63.3 Å². The molecule has 0 aromatic heterocycles. The zero-order valence-electron chi connectivity index (χ0n) is 16.3. The van der Waals surface area contributed by atoms with Crippen molar-refractivity contribution in [3.63, 3.8) is 0 Å². The lowest BCUT2D eigenvalue weighted by molar-refractivity contribution is -0.870. The highest BCUT2D eigenvalue weighted by Gasteiger charge is 2.04. The summed E-state index contributed by atoms with van der Waals surface area (Å²) in [4.78, 5) is 0. The molecule has 0 saturated carbocycles. The molecule has 0 rings (SSSR count). The van der Waals surface area contributed by atoms with Crippen molar-refractivity contribution in [2.24, 2.45) is 0 Å². The first-order chi connectivity index (χ1) is 10.6. The summed E-state index contributed by atoms with van der Waals surface area (Å²) in [6, 6.07) is 0. The fourth-order valence-electron chi connectivity index (χ4n) is 2.57. The molecule has 0 saturated heterocycles. The second kappa shape index (κ2) is 18.1. The predicted octanol–water partition coefficient (Wildman–Crippen LogP) is 3.51. The standard InChI is InChI=1S/C21H42N.ClH/c1-5-6-7-8-9-10-11-12-13-14-15-16-17-18-19-20-21-22(2,3)4;/h9-10,12-13H,5-8,11,14-21H2,1-4H3;1H/q+1;/p-1/b10-9+,13-12+;. The van der Waals surface area contributed by atoms with Crippen LogP contribution in [0.1, 0.15) is 84.0 Å². The lowest BCUT2D eigenvalue weighted by Crippen LogP contribution is -3.00. The Morgan fingerprint density at radius 1 is 0.609 bits per heavy atom. The van der Waals surface area contributed by atoms with Gasteiger partial charge in [0.25, 0.3) is 0 Å². The van der Waals surface area contributed by atoms with E-state index in [0.717, 1.165) is 10.9 Å². The summed E-state index contributed by atoms with van der Waals surface area (Å²) in [5, 5.41) is 0. The SMILES string of the molecule is CCCCC/C=C/C/C=C/CCCCCCCC[N+](C)(C)C.[Cl-]. The Bertz CT molecular complexity index is 276. The van der Waals surface area contributed by atoms with Gasteiger partial charge in [-0.15, -0.1) is 0 Å². The third-order valence-electron chi connectivity index (χ3n) is 4.03. The summed E-state index contributed by atoms with van der Waals surface area (Å²) in [5.74, 6) is 0. The van der Waals surface area contributed by atoms with E-state index in [4.69, 9.17) is 0 Å². The van der Waals surface area contributed by atoms with Gasteiger partial charge >= 0.3 is 0 Å². The molecule has 2 heteroatoms. The number of halogens is 1. The monoisotopic (exact) mass is 343 g/mol. The van der Waals surface area contributed by atoms with Crippen LogP contribution in [0.4, 0.5) is 0 Å². The van der Waals surface area contributed by atoms with Gasteiger partial charge in [0.15, 0.2) is 0 Å². The Balaban J connectivity index is 0. The van der Waals surface area contributed by atoms with Crippen LogP contribution in [0.5, 0.6) is 0 Å². The molecule has 0 aromatic rings. The molecule has 0 atom stereocenters. The number of allylic oxidation sites excluding steroid dienone is 4. The average molecular weight is 344 g/mol. The van der Waals surface area contributed by atoms with E-state index in [1.54, 1.807) is 0 Å². The Kier molecular flexibility index (Phi) is 19.6. The van der Waals surface area contributed by atoms with Gasteiger partial charge in [-0.2, -0.15) is 0 Å². The number of rotatable bonds is 15. The Hall–Kier alpha value is -0.270. The molecule has 0 aliphatic carbocycles. The molecule has 0 amide bonds. The largest absolute Gasteiger partial charge is 1.00 e. The number of unbranched alkanes of at least 4 members (excludes halogenated alkanes) is 9. The molecule has 0 fully saturated rings. The lowest BCUT2D eigenvalue weighted by atomic mass is 10.1. The van der Waals surface area contributed by atoms with Crippen molar-refractivity contribution in [1.82, 2.24) is 0 Å². The van der Waals surface area contributed by atoms with Gasteiger partial charge in [-0.25, -0.2) is 0 Å². The summed E-state index contributed by atoms with van der Waals surface area (Å²) in [6.07, 6.45) is 25.5. The second-order valence-corrected chi connectivity index (χ2v) is 7.60. The zero-order chi connectivity index (χ0) is 16.5. The van der Waals surface area contributed by atoms with E-state index in [9.17, 15) is 0 Å². The van der Waals surface area contributed by atoms with Crippen molar-refractivity contribution in [2.45, 2.75) is 84.0 Å². The minimum atomic E-state index is 0. The van der Waals surface area contributed by atoms with Crippen molar-refractivity contribution in [3.05, 3.63) is 24.3 Å². The van der Waals surface area contributed by atoms with Crippen LogP contribution in [0.25, 0.3) is 0 Å². The van der Waals surface area contributed by atoms with E-state index >= 15 is 0 Å². The molecule has 0 aliphatic rings. The third kappa shape index (κ3) is 24.1. The van der Waals surface area contributed by atoms with Gasteiger partial charge in [0.1, 0.15) is 0 Å². The van der Waals surface area contributed by atoms with Crippen LogP contribution in [0.2, 0.25) is 0 Å². The van der Waals surface area contributed by atoms with Gasteiger partial charge in [-0.05, 0) is 44.9 Å². The molecule has 0 aliphatic heterocycles. The highest BCUT2D eigenvalue weighted by atomic mass is 35.5. The van der Waals surface area contributed by atoms with Crippen molar-refractivity contribution in [1.29, 1.82) is 0 Å². The first-order valence-electron chi connectivity index (χ1n) is 9.66.